The maximum Gasteiger partial charge on any atom is 0.294 e. The second kappa shape index (κ2) is 10.1. The Morgan fingerprint density at radius 2 is 1.85 bits per heavy atom. The van der Waals surface area contributed by atoms with Gasteiger partial charge in [0.05, 0.1) is 10.6 Å². The molecule has 33 heavy (non-hydrogen) atoms. The van der Waals surface area contributed by atoms with E-state index < -0.39 is 11.1 Å². The summed E-state index contributed by atoms with van der Waals surface area (Å²) in [5.74, 6) is -0.626. The SMILES string of the molecule is CCN(CC)c1ccc(/C=C2\SC(=O)N(CC(=O)N3CCc4ccccc4C3)C2=O)cc1Br. The van der Waals surface area contributed by atoms with Crippen molar-refractivity contribution in [3.63, 3.8) is 0 Å². The molecule has 2 aromatic rings. The van der Waals surface area contributed by atoms with Crippen molar-refractivity contribution >= 4 is 56.5 Å². The zero-order chi connectivity index (χ0) is 23.5. The van der Waals surface area contributed by atoms with Gasteiger partial charge in [0.1, 0.15) is 6.54 Å². The Morgan fingerprint density at radius 1 is 1.12 bits per heavy atom. The van der Waals surface area contributed by atoms with Crippen LogP contribution >= 0.6 is 27.7 Å². The number of thioether (sulfide) groups is 1. The van der Waals surface area contributed by atoms with Gasteiger partial charge in [0.25, 0.3) is 11.1 Å². The normalized spacial score (nSPS) is 17.0. The zero-order valence-corrected chi connectivity index (χ0v) is 21.1. The van der Waals surface area contributed by atoms with Crippen LogP contribution in [0.1, 0.15) is 30.5 Å². The van der Waals surface area contributed by atoms with Gasteiger partial charge in [-0.25, -0.2) is 0 Å². The minimum Gasteiger partial charge on any atom is -0.371 e. The molecule has 8 heteroatoms. The Labute approximate surface area is 206 Å². The molecule has 0 aliphatic carbocycles. The molecule has 0 aromatic heterocycles. The zero-order valence-electron chi connectivity index (χ0n) is 18.7. The lowest BCUT2D eigenvalue weighted by molar-refractivity contribution is -0.136. The standard InChI is InChI=1S/C25H26BrN3O3S/c1-3-27(4-2)21-10-9-17(13-20(21)26)14-22-24(31)29(25(32)33-22)16-23(30)28-12-11-18-7-5-6-8-19(18)15-28/h5-10,13-14H,3-4,11-12,15-16H2,1-2H3/b22-14-. The molecule has 2 aromatic carbocycles. The van der Waals surface area contributed by atoms with E-state index in [1.165, 1.54) is 5.56 Å². The van der Waals surface area contributed by atoms with Gasteiger partial charge in [0, 0.05) is 30.7 Å². The lowest BCUT2D eigenvalue weighted by atomic mass is 10.00. The second-order valence-corrected chi connectivity index (χ2v) is 9.83. The molecular formula is C25H26BrN3O3S. The molecule has 0 bridgehead atoms. The third kappa shape index (κ3) is 5.01. The minimum atomic E-state index is -0.417. The van der Waals surface area contributed by atoms with Gasteiger partial charge < -0.3 is 9.80 Å². The smallest absolute Gasteiger partial charge is 0.294 e. The highest BCUT2D eigenvalue weighted by Crippen LogP contribution is 2.34. The quantitative estimate of drug-likeness (QED) is 0.499. The van der Waals surface area contributed by atoms with E-state index in [1.807, 2.05) is 36.4 Å². The topological polar surface area (TPSA) is 60.9 Å². The number of hydrogen-bond donors (Lipinski definition) is 0. The molecule has 2 aliphatic heterocycles. The molecule has 172 valence electrons. The van der Waals surface area contributed by atoms with E-state index in [9.17, 15) is 14.4 Å². The molecule has 3 amide bonds. The van der Waals surface area contributed by atoms with Gasteiger partial charge in [-0.05, 0) is 82.9 Å². The van der Waals surface area contributed by atoms with Gasteiger partial charge in [-0.3, -0.25) is 19.3 Å². The number of carbonyl (C=O) groups is 3. The number of fused-ring (bicyclic) bond motifs is 1. The number of halogens is 1. The van der Waals surface area contributed by atoms with Crippen LogP contribution in [0, 0.1) is 0 Å². The van der Waals surface area contributed by atoms with Crippen molar-refractivity contribution < 1.29 is 14.4 Å². The Bertz CT molecular complexity index is 1130. The molecule has 0 radical (unpaired) electrons. The number of hydrogen-bond acceptors (Lipinski definition) is 5. The molecule has 2 heterocycles. The largest absolute Gasteiger partial charge is 0.371 e. The molecule has 0 unspecified atom stereocenters. The van der Waals surface area contributed by atoms with Crippen molar-refractivity contribution in [1.82, 2.24) is 9.80 Å². The van der Waals surface area contributed by atoms with Crippen molar-refractivity contribution in [2.75, 3.05) is 31.1 Å². The molecule has 0 atom stereocenters. The number of carbonyl (C=O) groups excluding carboxylic acids is 3. The predicted molar refractivity (Wildman–Crippen MR) is 136 cm³/mol. The number of amides is 3. The summed E-state index contributed by atoms with van der Waals surface area (Å²) in [4.78, 5) is 43.6. The van der Waals surface area contributed by atoms with Crippen molar-refractivity contribution in [2.45, 2.75) is 26.8 Å². The number of benzene rings is 2. The van der Waals surface area contributed by atoms with Crippen LogP contribution in [0.3, 0.4) is 0 Å². The van der Waals surface area contributed by atoms with Crippen LogP contribution in [0.5, 0.6) is 0 Å². The Morgan fingerprint density at radius 3 is 2.55 bits per heavy atom. The summed E-state index contributed by atoms with van der Waals surface area (Å²) < 4.78 is 0.930. The number of imide groups is 1. The van der Waals surface area contributed by atoms with E-state index in [1.54, 1.807) is 11.0 Å². The Hall–Kier alpha value is -2.58. The summed E-state index contributed by atoms with van der Waals surface area (Å²) in [5, 5.41) is -0.407. The number of nitrogens with zero attached hydrogens (tertiary/aromatic N) is 3. The van der Waals surface area contributed by atoms with Crippen molar-refractivity contribution in [3.05, 3.63) is 68.5 Å². The fourth-order valence-electron chi connectivity index (χ4n) is 4.17. The Balaban J connectivity index is 1.45. The first-order valence-electron chi connectivity index (χ1n) is 11.1. The van der Waals surface area contributed by atoms with Crippen LogP contribution in [0.2, 0.25) is 0 Å². The summed E-state index contributed by atoms with van der Waals surface area (Å²) in [5.41, 5.74) is 4.26. The van der Waals surface area contributed by atoms with E-state index in [2.05, 4.69) is 40.7 Å². The van der Waals surface area contributed by atoms with Gasteiger partial charge in [-0.15, -0.1) is 0 Å². The van der Waals surface area contributed by atoms with Crippen LogP contribution in [0.4, 0.5) is 10.5 Å². The van der Waals surface area contributed by atoms with Gasteiger partial charge >= 0.3 is 0 Å². The summed E-state index contributed by atoms with van der Waals surface area (Å²) in [6.07, 6.45) is 2.49. The maximum absolute atomic E-state index is 12.9. The Kier molecular flexibility index (Phi) is 7.24. The van der Waals surface area contributed by atoms with Crippen LogP contribution in [0.25, 0.3) is 6.08 Å². The average Bonchev–Trinajstić information content (AvgIpc) is 3.08. The summed E-state index contributed by atoms with van der Waals surface area (Å²) in [6, 6.07) is 13.9. The van der Waals surface area contributed by atoms with Gasteiger partial charge in [0.2, 0.25) is 5.91 Å². The maximum atomic E-state index is 12.9. The van der Waals surface area contributed by atoms with Gasteiger partial charge in [0.15, 0.2) is 0 Å². The molecular weight excluding hydrogens is 502 g/mol. The lowest BCUT2D eigenvalue weighted by Crippen LogP contribution is -2.44. The highest BCUT2D eigenvalue weighted by atomic mass is 79.9. The second-order valence-electron chi connectivity index (χ2n) is 7.98. The average molecular weight is 528 g/mol. The van der Waals surface area contributed by atoms with E-state index >= 15 is 0 Å². The van der Waals surface area contributed by atoms with E-state index in [4.69, 9.17) is 0 Å². The third-order valence-electron chi connectivity index (χ3n) is 6.02. The molecule has 6 nitrogen and oxygen atoms in total. The minimum absolute atomic E-state index is 0.209. The lowest BCUT2D eigenvalue weighted by Gasteiger charge is -2.29. The molecule has 0 N–H and O–H groups in total. The molecule has 2 aliphatic rings. The molecule has 1 saturated heterocycles. The van der Waals surface area contributed by atoms with Crippen LogP contribution in [-0.2, 0) is 22.6 Å². The first kappa shape index (κ1) is 23.6. The number of rotatable bonds is 6. The van der Waals surface area contributed by atoms with Gasteiger partial charge in [-0.1, -0.05) is 30.3 Å². The summed E-state index contributed by atoms with van der Waals surface area (Å²) in [7, 11) is 0. The third-order valence-corrected chi connectivity index (χ3v) is 7.57. The summed E-state index contributed by atoms with van der Waals surface area (Å²) >= 11 is 4.50. The fourth-order valence-corrected chi connectivity index (χ4v) is 5.65. The molecule has 1 fully saturated rings. The van der Waals surface area contributed by atoms with E-state index in [0.29, 0.717) is 18.0 Å². The van der Waals surface area contributed by atoms with E-state index in [-0.39, 0.29) is 12.5 Å². The predicted octanol–water partition coefficient (Wildman–Crippen LogP) is 4.92. The molecule has 0 saturated carbocycles. The molecule has 4 rings (SSSR count). The van der Waals surface area contributed by atoms with Crippen LogP contribution < -0.4 is 4.90 Å². The van der Waals surface area contributed by atoms with Crippen molar-refractivity contribution in [1.29, 1.82) is 0 Å². The van der Waals surface area contributed by atoms with Crippen molar-refractivity contribution in [2.24, 2.45) is 0 Å². The highest BCUT2D eigenvalue weighted by Gasteiger charge is 2.37. The fraction of sp³-hybridized carbons (Fsp3) is 0.320. The van der Waals surface area contributed by atoms with E-state index in [0.717, 1.165) is 57.5 Å². The van der Waals surface area contributed by atoms with Crippen LogP contribution in [-0.4, -0.2) is 53.0 Å². The highest BCUT2D eigenvalue weighted by molar-refractivity contribution is 9.10. The monoisotopic (exact) mass is 527 g/mol. The first-order valence-corrected chi connectivity index (χ1v) is 12.7. The molecule has 0 spiro atoms. The first-order chi connectivity index (χ1) is 15.9. The summed E-state index contributed by atoms with van der Waals surface area (Å²) in [6.45, 7) is 6.86. The van der Waals surface area contributed by atoms with Gasteiger partial charge in [-0.2, -0.15) is 0 Å². The van der Waals surface area contributed by atoms with Crippen LogP contribution in [0.15, 0.2) is 51.8 Å². The number of anilines is 1. The van der Waals surface area contributed by atoms with Crippen molar-refractivity contribution in [3.8, 4) is 0 Å².